The minimum absolute atomic E-state index is 0.0204. The summed E-state index contributed by atoms with van der Waals surface area (Å²) in [7, 11) is 0. The second-order valence-corrected chi connectivity index (χ2v) is 12.9. The molecule has 4 rings (SSSR count). The lowest BCUT2D eigenvalue weighted by Gasteiger charge is -2.27. The molecule has 260 valence electrons. The van der Waals surface area contributed by atoms with Crippen LogP contribution in [0, 0.1) is 41.5 Å². The van der Waals surface area contributed by atoms with Crippen LogP contribution in [0.3, 0.4) is 0 Å². The Morgan fingerprint density at radius 1 is 0.604 bits per heavy atom. The Labute approximate surface area is 286 Å². The number of hydrogen-bond donors (Lipinski definition) is 2. The summed E-state index contributed by atoms with van der Waals surface area (Å²) in [6, 6.07) is 8.54. The van der Waals surface area contributed by atoms with Crippen LogP contribution < -0.4 is 0 Å². The molecule has 2 N–H and O–H groups in total. The summed E-state index contributed by atoms with van der Waals surface area (Å²) in [5, 5.41) is 29.1. The van der Waals surface area contributed by atoms with Gasteiger partial charge >= 0.3 is 0 Å². The smallest absolute Gasteiger partial charge is 0.168 e. The Kier molecular flexibility index (Phi) is 13.8. The third kappa shape index (κ3) is 9.03. The van der Waals surface area contributed by atoms with Gasteiger partial charge in [-0.2, -0.15) is 0 Å². The number of nitrogens with zero attached hydrogens (tertiary/aromatic N) is 2. The number of oxime groups is 2. The van der Waals surface area contributed by atoms with E-state index >= 15 is 0 Å². The number of Topliss-reactive ketones (excluding diaryl/α,β-unsaturated/α-hetero) is 2. The molecule has 2 aliphatic carbocycles. The van der Waals surface area contributed by atoms with E-state index in [1.807, 2.05) is 27.7 Å². The van der Waals surface area contributed by atoms with Crippen LogP contribution in [0.2, 0.25) is 0 Å². The number of aliphatic hydroxyl groups is 2. The molecule has 0 radical (unpaired) electrons. The molecule has 0 saturated carbocycles. The van der Waals surface area contributed by atoms with Crippen molar-refractivity contribution < 1.29 is 29.5 Å². The van der Waals surface area contributed by atoms with Crippen LogP contribution in [0.15, 0.2) is 57.2 Å². The minimum atomic E-state index is -0.0524. The summed E-state index contributed by atoms with van der Waals surface area (Å²) >= 11 is 0. The van der Waals surface area contributed by atoms with Gasteiger partial charge in [0.1, 0.15) is 24.7 Å². The Morgan fingerprint density at radius 3 is 1.17 bits per heavy atom. The lowest BCUT2D eigenvalue weighted by molar-refractivity contribution is -0.117. The maximum Gasteiger partial charge on any atom is 0.168 e. The molecule has 0 aliphatic heterocycles. The van der Waals surface area contributed by atoms with Crippen molar-refractivity contribution in [3.63, 3.8) is 0 Å². The summed E-state index contributed by atoms with van der Waals surface area (Å²) < 4.78 is 0. The molecule has 8 nitrogen and oxygen atoms in total. The van der Waals surface area contributed by atoms with Gasteiger partial charge in [-0.1, -0.05) is 59.6 Å². The summed E-state index contributed by atoms with van der Waals surface area (Å²) in [4.78, 5) is 35.6. The quantitative estimate of drug-likeness (QED) is 0.194. The lowest BCUT2D eigenvalue weighted by Crippen LogP contribution is -2.24. The van der Waals surface area contributed by atoms with E-state index in [9.17, 15) is 19.8 Å². The van der Waals surface area contributed by atoms with E-state index in [1.165, 1.54) is 44.5 Å². The molecule has 2 unspecified atom stereocenters. The van der Waals surface area contributed by atoms with Crippen LogP contribution in [0.1, 0.15) is 123 Å². The van der Waals surface area contributed by atoms with Gasteiger partial charge in [-0.25, -0.2) is 0 Å². The predicted molar refractivity (Wildman–Crippen MR) is 193 cm³/mol. The zero-order valence-corrected chi connectivity index (χ0v) is 30.5. The highest BCUT2D eigenvalue weighted by molar-refractivity contribution is 6.23. The SMILES string of the molecule is CCO/N=C(\CC)C1=C(O)CC(c2c(C)cc(C)cc2C)CC1=O.CCO/N=C(\CC)C1=C(O)CC(c2c(C)cc(C)cc2C)CC1=O. The standard InChI is InChI=1S/2C20H27NO3/c2*1-6-16(21-24-7-2)20-17(22)10-15(11-18(20)23)19-13(4)8-12(3)9-14(19)5/h2*8-9,15,22H,6-7,10-11H2,1-5H3/b2*21-16+. The molecule has 48 heavy (non-hydrogen) atoms. The van der Waals surface area contributed by atoms with Gasteiger partial charge in [0.15, 0.2) is 11.6 Å². The first-order valence-corrected chi connectivity index (χ1v) is 17.2. The van der Waals surface area contributed by atoms with Crippen LogP contribution in [0.25, 0.3) is 0 Å². The second-order valence-electron chi connectivity index (χ2n) is 12.9. The van der Waals surface area contributed by atoms with Crippen molar-refractivity contribution in [2.45, 2.75) is 120 Å². The van der Waals surface area contributed by atoms with E-state index in [0.29, 0.717) is 74.3 Å². The third-order valence-corrected chi connectivity index (χ3v) is 9.03. The number of allylic oxidation sites excluding steroid dienone is 4. The van der Waals surface area contributed by atoms with E-state index in [2.05, 4.69) is 76.1 Å². The summed E-state index contributed by atoms with van der Waals surface area (Å²) in [6.45, 7) is 20.8. The maximum atomic E-state index is 12.7. The Balaban J connectivity index is 0.000000260. The largest absolute Gasteiger partial charge is 0.511 e. The van der Waals surface area contributed by atoms with E-state index in [1.54, 1.807) is 0 Å². The van der Waals surface area contributed by atoms with Crippen molar-refractivity contribution in [3.8, 4) is 0 Å². The molecule has 0 aromatic heterocycles. The highest BCUT2D eigenvalue weighted by Crippen LogP contribution is 2.39. The average molecular weight is 659 g/mol. The van der Waals surface area contributed by atoms with Crippen molar-refractivity contribution >= 4 is 23.0 Å². The van der Waals surface area contributed by atoms with Crippen LogP contribution >= 0.6 is 0 Å². The van der Waals surface area contributed by atoms with Crippen molar-refractivity contribution in [1.82, 2.24) is 0 Å². The van der Waals surface area contributed by atoms with E-state index in [4.69, 9.17) is 9.68 Å². The van der Waals surface area contributed by atoms with E-state index in [-0.39, 0.29) is 34.9 Å². The van der Waals surface area contributed by atoms with Crippen molar-refractivity contribution in [1.29, 1.82) is 0 Å². The number of benzene rings is 2. The molecule has 2 atom stereocenters. The van der Waals surface area contributed by atoms with Gasteiger partial charge in [0.2, 0.25) is 0 Å². The first-order valence-electron chi connectivity index (χ1n) is 17.2. The fourth-order valence-electron chi connectivity index (χ4n) is 7.38. The van der Waals surface area contributed by atoms with Gasteiger partial charge in [-0.3, -0.25) is 9.59 Å². The van der Waals surface area contributed by atoms with Gasteiger partial charge < -0.3 is 19.9 Å². The molecule has 0 spiro atoms. The van der Waals surface area contributed by atoms with Gasteiger partial charge in [0.25, 0.3) is 0 Å². The van der Waals surface area contributed by atoms with Crippen LogP contribution in [-0.2, 0) is 19.3 Å². The van der Waals surface area contributed by atoms with Gasteiger partial charge in [-0.15, -0.1) is 0 Å². The molecule has 0 fully saturated rings. The number of hydrogen-bond acceptors (Lipinski definition) is 8. The van der Waals surface area contributed by atoms with Crippen LogP contribution in [-0.4, -0.2) is 46.4 Å². The molecule has 0 heterocycles. The normalized spacial score (nSPS) is 19.0. The summed E-state index contributed by atoms with van der Waals surface area (Å²) in [5.41, 5.74) is 11.3. The predicted octanol–water partition coefficient (Wildman–Crippen LogP) is 9.35. The molecule has 2 aromatic carbocycles. The number of aliphatic hydroxyl groups excluding tert-OH is 2. The summed E-state index contributed by atoms with van der Waals surface area (Å²) in [6.07, 6.45) is 2.84. The minimum Gasteiger partial charge on any atom is -0.511 e. The molecule has 2 aromatic rings. The van der Waals surface area contributed by atoms with Gasteiger partial charge in [-0.05, 0) is 113 Å². The number of carbonyl (C=O) groups excluding carboxylic acids is 2. The van der Waals surface area contributed by atoms with Crippen molar-refractivity contribution in [2.75, 3.05) is 13.2 Å². The maximum absolute atomic E-state index is 12.7. The van der Waals surface area contributed by atoms with Gasteiger partial charge in [0, 0.05) is 25.7 Å². The Hall–Kier alpha value is -4.20. The van der Waals surface area contributed by atoms with Crippen LogP contribution in [0.5, 0.6) is 0 Å². The number of rotatable bonds is 10. The first kappa shape index (κ1) is 38.2. The Bertz CT molecular complexity index is 1480. The molecule has 0 saturated heterocycles. The zero-order chi connectivity index (χ0) is 35.7. The third-order valence-electron chi connectivity index (χ3n) is 9.03. The molecule has 0 amide bonds. The monoisotopic (exact) mass is 658 g/mol. The average Bonchev–Trinajstić information content (AvgIpc) is 2.99. The topological polar surface area (TPSA) is 118 Å². The van der Waals surface area contributed by atoms with E-state index < -0.39 is 0 Å². The molecule has 2 aliphatic rings. The number of carbonyl (C=O) groups is 2. The first-order chi connectivity index (χ1) is 22.8. The van der Waals surface area contributed by atoms with Crippen molar-refractivity contribution in [3.05, 3.63) is 91.4 Å². The highest BCUT2D eigenvalue weighted by Gasteiger charge is 2.34. The molecular formula is C40H54N2O6. The molecule has 0 bridgehead atoms. The fraction of sp³-hybridized carbons (Fsp3) is 0.500. The Morgan fingerprint density at radius 2 is 0.917 bits per heavy atom. The zero-order valence-electron chi connectivity index (χ0n) is 30.5. The number of aryl methyl sites for hydroxylation is 6. The summed E-state index contributed by atoms with van der Waals surface area (Å²) in [5.74, 6) is 0.206. The lowest BCUT2D eigenvalue weighted by atomic mass is 9.78. The second kappa shape index (κ2) is 17.3. The van der Waals surface area contributed by atoms with Gasteiger partial charge in [0.05, 0.1) is 22.6 Å². The van der Waals surface area contributed by atoms with Crippen molar-refractivity contribution in [2.24, 2.45) is 10.3 Å². The number of ketones is 2. The molecule has 8 heteroatoms. The highest BCUT2D eigenvalue weighted by atomic mass is 16.6. The fourth-order valence-corrected chi connectivity index (χ4v) is 7.38. The van der Waals surface area contributed by atoms with Crippen LogP contribution in [0.4, 0.5) is 0 Å². The van der Waals surface area contributed by atoms with E-state index in [0.717, 1.165) is 0 Å². The molecular weight excluding hydrogens is 604 g/mol.